The maximum absolute atomic E-state index is 13.5. The van der Waals surface area contributed by atoms with Gasteiger partial charge in [-0.05, 0) is 30.3 Å². The van der Waals surface area contributed by atoms with Crippen molar-refractivity contribution in [2.75, 3.05) is 5.75 Å². The van der Waals surface area contributed by atoms with Crippen LogP contribution < -0.4 is 0 Å². The molecule has 0 spiro atoms. The first-order valence-electron chi connectivity index (χ1n) is 5.77. The lowest BCUT2D eigenvalue weighted by Gasteiger charge is -2.06. The summed E-state index contributed by atoms with van der Waals surface area (Å²) >= 11 is 11.6. The summed E-state index contributed by atoms with van der Waals surface area (Å²) in [6.45, 7) is 0. The monoisotopic (exact) mass is 346 g/mol. The molecular formula is C14H9Cl2FO3S. The number of hydrogen-bond donors (Lipinski definition) is 0. The molecule has 0 bridgehead atoms. The van der Waals surface area contributed by atoms with E-state index in [0.717, 1.165) is 12.1 Å². The fourth-order valence-electron chi connectivity index (χ4n) is 1.74. The van der Waals surface area contributed by atoms with E-state index in [2.05, 4.69) is 0 Å². The number of carbonyl (C=O) groups is 1. The van der Waals surface area contributed by atoms with Crippen LogP contribution in [0, 0.1) is 5.82 Å². The fourth-order valence-corrected chi connectivity index (χ4v) is 3.56. The molecule has 0 N–H and O–H groups in total. The lowest BCUT2D eigenvalue weighted by atomic mass is 10.1. The third-order valence-electron chi connectivity index (χ3n) is 2.72. The van der Waals surface area contributed by atoms with Gasteiger partial charge in [0.25, 0.3) is 0 Å². The minimum atomic E-state index is -4.08. The first-order valence-corrected chi connectivity index (χ1v) is 8.17. The van der Waals surface area contributed by atoms with Gasteiger partial charge >= 0.3 is 0 Å². The van der Waals surface area contributed by atoms with Gasteiger partial charge in [0.05, 0.1) is 5.02 Å². The molecule has 0 amide bonds. The predicted octanol–water partition coefficient (Wildman–Crippen LogP) is 3.79. The van der Waals surface area contributed by atoms with E-state index in [1.54, 1.807) is 0 Å². The molecule has 0 aromatic heterocycles. The minimum Gasteiger partial charge on any atom is -0.293 e. The van der Waals surface area contributed by atoms with Crippen molar-refractivity contribution in [3.63, 3.8) is 0 Å². The lowest BCUT2D eigenvalue weighted by Crippen LogP contribution is -2.17. The average Bonchev–Trinajstić information content (AvgIpc) is 2.38. The van der Waals surface area contributed by atoms with Gasteiger partial charge in [0.15, 0.2) is 15.6 Å². The molecule has 0 atom stereocenters. The van der Waals surface area contributed by atoms with Gasteiger partial charge in [-0.1, -0.05) is 35.3 Å². The zero-order chi connectivity index (χ0) is 15.6. The maximum Gasteiger partial charge on any atom is 0.188 e. The maximum atomic E-state index is 13.5. The van der Waals surface area contributed by atoms with Crippen LogP contribution in [0.5, 0.6) is 0 Å². The van der Waals surface area contributed by atoms with Gasteiger partial charge in [-0.2, -0.15) is 0 Å². The Labute approximate surface area is 131 Å². The standard InChI is InChI=1S/C14H9Cl2FO3S/c15-9-5-6-10(11(16)7-9)13(18)8-21(19,20)14-4-2-1-3-12(14)17/h1-7H,8H2. The smallest absolute Gasteiger partial charge is 0.188 e. The molecule has 7 heteroatoms. The molecule has 21 heavy (non-hydrogen) atoms. The Morgan fingerprint density at radius 1 is 1.10 bits per heavy atom. The zero-order valence-corrected chi connectivity index (χ0v) is 12.8. The van der Waals surface area contributed by atoms with Crippen LogP contribution in [0.4, 0.5) is 4.39 Å². The van der Waals surface area contributed by atoms with Crippen molar-refractivity contribution in [3.05, 3.63) is 63.9 Å². The molecule has 0 aliphatic carbocycles. The molecule has 3 nitrogen and oxygen atoms in total. The van der Waals surface area contributed by atoms with Crippen molar-refractivity contribution >= 4 is 38.8 Å². The Bertz CT molecular complexity index is 804. The summed E-state index contributed by atoms with van der Waals surface area (Å²) in [6.07, 6.45) is 0. The predicted molar refractivity (Wildman–Crippen MR) is 79.2 cm³/mol. The van der Waals surface area contributed by atoms with E-state index in [1.165, 1.54) is 30.3 Å². The van der Waals surface area contributed by atoms with Crippen LogP contribution in [0.25, 0.3) is 0 Å². The van der Waals surface area contributed by atoms with Gasteiger partial charge in [0, 0.05) is 10.6 Å². The molecule has 2 rings (SSSR count). The van der Waals surface area contributed by atoms with Crippen molar-refractivity contribution in [1.82, 2.24) is 0 Å². The highest BCUT2D eigenvalue weighted by atomic mass is 35.5. The second-order valence-electron chi connectivity index (χ2n) is 4.24. The normalized spacial score (nSPS) is 11.4. The number of halogens is 3. The molecule has 2 aromatic rings. The van der Waals surface area contributed by atoms with Gasteiger partial charge < -0.3 is 0 Å². The van der Waals surface area contributed by atoms with E-state index in [0.29, 0.717) is 5.02 Å². The van der Waals surface area contributed by atoms with Crippen LogP contribution >= 0.6 is 23.2 Å². The van der Waals surface area contributed by atoms with Crippen LogP contribution in [0.2, 0.25) is 10.0 Å². The zero-order valence-electron chi connectivity index (χ0n) is 10.5. The minimum absolute atomic E-state index is 0.0287. The Morgan fingerprint density at radius 2 is 1.76 bits per heavy atom. The summed E-state index contributed by atoms with van der Waals surface area (Å²) in [6, 6.07) is 8.99. The highest BCUT2D eigenvalue weighted by molar-refractivity contribution is 7.92. The molecule has 0 aliphatic heterocycles. The van der Waals surface area contributed by atoms with Crippen LogP contribution in [-0.4, -0.2) is 20.0 Å². The molecule has 0 radical (unpaired) electrons. The number of benzene rings is 2. The van der Waals surface area contributed by atoms with E-state index in [4.69, 9.17) is 23.2 Å². The second-order valence-corrected chi connectivity index (χ2v) is 7.04. The van der Waals surface area contributed by atoms with E-state index in [9.17, 15) is 17.6 Å². The highest BCUT2D eigenvalue weighted by Crippen LogP contribution is 2.23. The number of carbonyl (C=O) groups excluding carboxylic acids is 1. The SMILES string of the molecule is O=C(CS(=O)(=O)c1ccccc1F)c1ccc(Cl)cc1Cl. The molecule has 110 valence electrons. The second kappa shape index (κ2) is 6.13. The van der Waals surface area contributed by atoms with Crippen molar-refractivity contribution in [2.24, 2.45) is 0 Å². The highest BCUT2D eigenvalue weighted by Gasteiger charge is 2.24. The topological polar surface area (TPSA) is 51.2 Å². The number of ketones is 1. The fraction of sp³-hybridized carbons (Fsp3) is 0.0714. The van der Waals surface area contributed by atoms with E-state index < -0.39 is 32.1 Å². The first-order chi connectivity index (χ1) is 9.81. The average molecular weight is 347 g/mol. The van der Waals surface area contributed by atoms with Crippen molar-refractivity contribution in [1.29, 1.82) is 0 Å². The van der Waals surface area contributed by atoms with Crippen molar-refractivity contribution < 1.29 is 17.6 Å². The number of rotatable bonds is 4. The number of Topliss-reactive ketones (excluding diaryl/α,β-unsaturated/α-hetero) is 1. The summed E-state index contributed by atoms with van der Waals surface area (Å²) < 4.78 is 37.7. The van der Waals surface area contributed by atoms with Crippen LogP contribution in [0.3, 0.4) is 0 Å². The molecule has 0 fully saturated rings. The summed E-state index contributed by atoms with van der Waals surface area (Å²) in [4.78, 5) is 11.5. The molecule has 0 aliphatic rings. The van der Waals surface area contributed by atoms with Crippen molar-refractivity contribution in [3.8, 4) is 0 Å². The Morgan fingerprint density at radius 3 is 2.38 bits per heavy atom. The summed E-state index contributed by atoms with van der Waals surface area (Å²) in [5.74, 6) is -2.48. The molecule has 0 unspecified atom stereocenters. The quantitative estimate of drug-likeness (QED) is 0.791. The van der Waals surface area contributed by atoms with Gasteiger partial charge in [0.1, 0.15) is 16.5 Å². The summed E-state index contributed by atoms with van der Waals surface area (Å²) in [7, 11) is -4.08. The van der Waals surface area contributed by atoms with E-state index >= 15 is 0 Å². The van der Waals surface area contributed by atoms with E-state index in [-0.39, 0.29) is 10.6 Å². The third kappa shape index (κ3) is 3.61. The molecule has 0 saturated heterocycles. The Kier molecular flexibility index (Phi) is 4.66. The largest absolute Gasteiger partial charge is 0.293 e. The molecule has 2 aromatic carbocycles. The Hall–Kier alpha value is -1.43. The van der Waals surface area contributed by atoms with Gasteiger partial charge in [-0.3, -0.25) is 4.79 Å². The van der Waals surface area contributed by atoms with Crippen LogP contribution in [-0.2, 0) is 9.84 Å². The lowest BCUT2D eigenvalue weighted by molar-refractivity contribution is 0.102. The van der Waals surface area contributed by atoms with Crippen molar-refractivity contribution in [2.45, 2.75) is 4.90 Å². The number of hydrogen-bond acceptors (Lipinski definition) is 3. The van der Waals surface area contributed by atoms with Crippen LogP contribution in [0.1, 0.15) is 10.4 Å². The summed E-state index contributed by atoms with van der Waals surface area (Å²) in [5.41, 5.74) is 0.0287. The Balaban J connectivity index is 2.33. The first kappa shape index (κ1) is 15.9. The molecule has 0 heterocycles. The summed E-state index contributed by atoms with van der Waals surface area (Å²) in [5, 5.41) is 0.379. The van der Waals surface area contributed by atoms with Gasteiger partial charge in [-0.25, -0.2) is 12.8 Å². The number of sulfone groups is 1. The molecular weight excluding hydrogens is 338 g/mol. The molecule has 0 saturated carbocycles. The van der Waals surface area contributed by atoms with Gasteiger partial charge in [0.2, 0.25) is 0 Å². The van der Waals surface area contributed by atoms with Gasteiger partial charge in [-0.15, -0.1) is 0 Å². The van der Waals surface area contributed by atoms with E-state index in [1.807, 2.05) is 0 Å². The van der Waals surface area contributed by atoms with Crippen LogP contribution in [0.15, 0.2) is 47.4 Å². The third-order valence-corrected chi connectivity index (χ3v) is 4.92.